The lowest BCUT2D eigenvalue weighted by atomic mass is 10.2. The first-order valence-corrected chi connectivity index (χ1v) is 7.25. The summed E-state index contributed by atoms with van der Waals surface area (Å²) in [7, 11) is -1.24. The van der Waals surface area contributed by atoms with Gasteiger partial charge in [0.05, 0.1) is 0 Å². The van der Waals surface area contributed by atoms with Crippen molar-refractivity contribution < 1.29 is 4.43 Å². The molecule has 0 saturated carbocycles. The Morgan fingerprint density at radius 1 is 1.30 bits per heavy atom. The zero-order valence-corrected chi connectivity index (χ0v) is 8.31. The number of rotatable bonds is 0. The summed E-state index contributed by atoms with van der Waals surface area (Å²) in [5, 5.41) is 0. The minimum atomic E-state index is -1.24. The lowest BCUT2D eigenvalue weighted by molar-refractivity contribution is 0.307. The van der Waals surface area contributed by atoms with Crippen LogP contribution in [0, 0.1) is 0 Å². The molecule has 2 heteroatoms. The van der Waals surface area contributed by atoms with Crippen LogP contribution in [0.25, 0.3) is 0 Å². The Bertz CT molecular complexity index is 112. The molecule has 10 heavy (non-hydrogen) atoms. The molecule has 0 spiro atoms. The summed E-state index contributed by atoms with van der Waals surface area (Å²) in [6.07, 6.45) is 4.04. The van der Waals surface area contributed by atoms with Gasteiger partial charge in [-0.15, -0.1) is 0 Å². The Hall–Kier alpha value is 0.177. The van der Waals surface area contributed by atoms with E-state index in [2.05, 4.69) is 20.0 Å². The molecule has 0 bridgehead atoms. The average Bonchev–Trinajstić information content (AvgIpc) is 1.96. The zero-order chi connectivity index (χ0) is 7.61. The van der Waals surface area contributed by atoms with Gasteiger partial charge in [0.1, 0.15) is 0 Å². The van der Waals surface area contributed by atoms with Crippen LogP contribution in [-0.2, 0) is 4.43 Å². The summed E-state index contributed by atoms with van der Waals surface area (Å²) in [5.41, 5.74) is 0.856. The fourth-order valence-electron chi connectivity index (χ4n) is 1.38. The molecule has 1 aliphatic heterocycles. The van der Waals surface area contributed by atoms with E-state index >= 15 is 0 Å². The van der Waals surface area contributed by atoms with Crippen molar-refractivity contribution in [3.63, 3.8) is 0 Å². The largest absolute Gasteiger partial charge is 0.417 e. The van der Waals surface area contributed by atoms with E-state index < -0.39 is 8.32 Å². The van der Waals surface area contributed by atoms with Crippen LogP contribution in [0.1, 0.15) is 26.2 Å². The molecule has 0 radical (unpaired) electrons. The van der Waals surface area contributed by atoms with E-state index in [9.17, 15) is 0 Å². The predicted molar refractivity (Wildman–Crippen MR) is 46.7 cm³/mol. The van der Waals surface area contributed by atoms with Gasteiger partial charge in [0.25, 0.3) is 0 Å². The second-order valence-electron chi connectivity index (χ2n) is 3.85. The van der Waals surface area contributed by atoms with Gasteiger partial charge < -0.3 is 4.43 Å². The minimum Gasteiger partial charge on any atom is -0.417 e. The molecule has 1 nitrogen and oxygen atoms in total. The average molecular weight is 158 g/mol. The van der Waals surface area contributed by atoms with Crippen LogP contribution in [0.15, 0.2) is 0 Å². The predicted octanol–water partition coefficient (Wildman–Crippen LogP) is 2.78. The van der Waals surface area contributed by atoms with Crippen molar-refractivity contribution in [2.45, 2.75) is 44.8 Å². The fourth-order valence-corrected chi connectivity index (χ4v) is 3.23. The Balaban J connectivity index is 2.52. The van der Waals surface area contributed by atoms with Crippen molar-refractivity contribution in [2.24, 2.45) is 0 Å². The van der Waals surface area contributed by atoms with Gasteiger partial charge in [-0.1, -0.05) is 19.8 Å². The highest BCUT2D eigenvalue weighted by Crippen LogP contribution is 2.30. The van der Waals surface area contributed by atoms with Gasteiger partial charge in [-0.25, -0.2) is 0 Å². The fraction of sp³-hybridized carbons (Fsp3) is 1.00. The third-order valence-electron chi connectivity index (χ3n) is 2.69. The van der Waals surface area contributed by atoms with Crippen molar-refractivity contribution in [3.05, 3.63) is 0 Å². The molecule has 0 N–H and O–H groups in total. The van der Waals surface area contributed by atoms with E-state index in [-0.39, 0.29) is 0 Å². The van der Waals surface area contributed by atoms with Crippen molar-refractivity contribution in [2.75, 3.05) is 6.61 Å². The van der Waals surface area contributed by atoms with Crippen molar-refractivity contribution >= 4 is 8.32 Å². The quantitative estimate of drug-likeness (QED) is 0.493. The highest BCUT2D eigenvalue weighted by Gasteiger charge is 2.31. The number of hydrogen-bond acceptors (Lipinski definition) is 1. The molecule has 0 aromatic rings. The molecule has 60 valence electrons. The van der Waals surface area contributed by atoms with Crippen molar-refractivity contribution in [1.82, 2.24) is 0 Å². The van der Waals surface area contributed by atoms with Gasteiger partial charge >= 0.3 is 0 Å². The maximum absolute atomic E-state index is 5.84. The first-order chi connectivity index (χ1) is 4.63. The normalized spacial score (nSPS) is 33.3. The molecule has 0 aromatic heterocycles. The van der Waals surface area contributed by atoms with Crippen LogP contribution in [0.2, 0.25) is 18.6 Å². The molecule has 1 fully saturated rings. The molecule has 1 rings (SSSR count). The lowest BCUT2D eigenvalue weighted by Crippen LogP contribution is -2.33. The highest BCUT2D eigenvalue weighted by atomic mass is 28.4. The van der Waals surface area contributed by atoms with Crippen LogP contribution in [0.3, 0.4) is 0 Å². The van der Waals surface area contributed by atoms with Gasteiger partial charge in [0.15, 0.2) is 8.32 Å². The van der Waals surface area contributed by atoms with Gasteiger partial charge in [-0.3, -0.25) is 0 Å². The minimum absolute atomic E-state index is 0.856. The SMILES string of the molecule is CC1CCCCO[Si]1(C)C. The third-order valence-corrected chi connectivity index (χ3v) is 6.30. The summed E-state index contributed by atoms with van der Waals surface area (Å²) in [6, 6.07) is 0. The molecular formula is C8H18OSi. The molecule has 1 heterocycles. The van der Waals surface area contributed by atoms with Crippen LogP contribution >= 0.6 is 0 Å². The van der Waals surface area contributed by atoms with Gasteiger partial charge in [0.2, 0.25) is 0 Å². The molecular weight excluding hydrogens is 140 g/mol. The van der Waals surface area contributed by atoms with E-state index in [1.807, 2.05) is 0 Å². The van der Waals surface area contributed by atoms with Gasteiger partial charge in [-0.2, -0.15) is 0 Å². The summed E-state index contributed by atoms with van der Waals surface area (Å²) in [6.45, 7) is 8.03. The monoisotopic (exact) mass is 158 g/mol. The van der Waals surface area contributed by atoms with Gasteiger partial charge in [0, 0.05) is 6.61 Å². The number of hydrogen-bond donors (Lipinski definition) is 0. The summed E-state index contributed by atoms with van der Waals surface area (Å²) < 4.78 is 5.84. The van der Waals surface area contributed by atoms with Crippen LogP contribution in [0.4, 0.5) is 0 Å². The maximum Gasteiger partial charge on any atom is 0.189 e. The molecule has 1 unspecified atom stereocenters. The smallest absolute Gasteiger partial charge is 0.189 e. The van der Waals surface area contributed by atoms with Crippen molar-refractivity contribution in [1.29, 1.82) is 0 Å². The van der Waals surface area contributed by atoms with Crippen LogP contribution in [0.5, 0.6) is 0 Å². The van der Waals surface area contributed by atoms with E-state index in [0.717, 1.165) is 12.1 Å². The van der Waals surface area contributed by atoms with E-state index in [1.54, 1.807) is 0 Å². The summed E-state index contributed by atoms with van der Waals surface area (Å²) in [5.74, 6) is 0. The summed E-state index contributed by atoms with van der Waals surface area (Å²) >= 11 is 0. The van der Waals surface area contributed by atoms with Crippen molar-refractivity contribution in [3.8, 4) is 0 Å². The molecule has 0 amide bonds. The summed E-state index contributed by atoms with van der Waals surface area (Å²) in [4.78, 5) is 0. The van der Waals surface area contributed by atoms with Crippen LogP contribution < -0.4 is 0 Å². The zero-order valence-electron chi connectivity index (χ0n) is 7.31. The highest BCUT2D eigenvalue weighted by molar-refractivity contribution is 6.72. The molecule has 0 aliphatic carbocycles. The maximum atomic E-state index is 5.84. The Morgan fingerprint density at radius 3 is 2.70 bits per heavy atom. The van der Waals surface area contributed by atoms with E-state index in [1.165, 1.54) is 19.3 Å². The second-order valence-corrected chi connectivity index (χ2v) is 8.33. The standard InChI is InChI=1S/C8H18OSi/c1-8-6-4-5-7-9-10(8,2)3/h8H,4-7H2,1-3H3. The Labute approximate surface area is 64.9 Å². The first kappa shape index (κ1) is 8.28. The Kier molecular flexibility index (Phi) is 2.53. The first-order valence-electron chi connectivity index (χ1n) is 4.27. The van der Waals surface area contributed by atoms with E-state index in [0.29, 0.717) is 0 Å². The molecule has 1 saturated heterocycles. The van der Waals surface area contributed by atoms with E-state index in [4.69, 9.17) is 4.43 Å². The molecule has 0 aromatic carbocycles. The second kappa shape index (κ2) is 3.05. The molecule has 1 aliphatic rings. The Morgan fingerprint density at radius 2 is 2.00 bits per heavy atom. The molecule has 1 atom stereocenters. The lowest BCUT2D eigenvalue weighted by Gasteiger charge is -2.26. The topological polar surface area (TPSA) is 9.23 Å². The third kappa shape index (κ3) is 1.83. The van der Waals surface area contributed by atoms with Crippen LogP contribution in [-0.4, -0.2) is 14.9 Å². The van der Waals surface area contributed by atoms with Gasteiger partial charge in [-0.05, 0) is 25.1 Å².